The molecule has 23 heavy (non-hydrogen) atoms. The van der Waals surface area contributed by atoms with Crippen LogP contribution in [-0.2, 0) is 4.79 Å². The first-order valence-electron chi connectivity index (χ1n) is 8.93. The van der Waals surface area contributed by atoms with E-state index in [9.17, 15) is 4.79 Å². The quantitative estimate of drug-likeness (QED) is 0.846. The van der Waals surface area contributed by atoms with E-state index in [0.29, 0.717) is 24.3 Å². The molecule has 4 heteroatoms. The fraction of sp³-hybridized carbons (Fsp3) is 0.632. The van der Waals surface area contributed by atoms with Gasteiger partial charge in [-0.15, -0.1) is 0 Å². The fourth-order valence-electron chi connectivity index (χ4n) is 3.68. The van der Waals surface area contributed by atoms with Gasteiger partial charge in [0, 0.05) is 17.5 Å². The number of nitrogens with one attached hydrogen (secondary N) is 1. The minimum Gasteiger partial charge on any atom is -0.333 e. The van der Waals surface area contributed by atoms with Gasteiger partial charge < -0.3 is 10.2 Å². The zero-order chi connectivity index (χ0) is 16.2. The standard InChI is InChI=1S/C19H27ClN2O/c1-14(17-4-2-3-5-18(17)20)22(16-7-8-16)19(23)9-6-15-10-12-21-13-11-15/h2-5,14-16,21H,6-13H2,1H3. The predicted molar refractivity (Wildman–Crippen MR) is 94.6 cm³/mol. The number of piperidine rings is 1. The molecule has 1 aromatic rings. The Morgan fingerprint density at radius 3 is 2.61 bits per heavy atom. The van der Waals surface area contributed by atoms with Crippen LogP contribution in [0.5, 0.6) is 0 Å². The van der Waals surface area contributed by atoms with Gasteiger partial charge in [0.05, 0.1) is 6.04 Å². The Bertz CT molecular complexity index is 538. The summed E-state index contributed by atoms with van der Waals surface area (Å²) >= 11 is 6.35. The van der Waals surface area contributed by atoms with Crippen LogP contribution in [0.2, 0.25) is 5.02 Å². The molecule has 0 spiro atoms. The number of rotatable bonds is 6. The van der Waals surface area contributed by atoms with Crippen LogP contribution in [-0.4, -0.2) is 29.9 Å². The number of carbonyl (C=O) groups is 1. The molecule has 2 aliphatic rings. The largest absolute Gasteiger partial charge is 0.333 e. The lowest BCUT2D eigenvalue weighted by molar-refractivity contribution is -0.134. The number of halogens is 1. The number of hydrogen-bond acceptors (Lipinski definition) is 2. The number of benzene rings is 1. The molecule has 3 nitrogen and oxygen atoms in total. The highest BCUT2D eigenvalue weighted by molar-refractivity contribution is 6.31. The maximum absolute atomic E-state index is 12.9. The van der Waals surface area contributed by atoms with E-state index in [1.165, 1.54) is 12.8 Å². The molecule has 1 aliphatic heterocycles. The Hall–Kier alpha value is -1.06. The van der Waals surface area contributed by atoms with Crippen LogP contribution < -0.4 is 5.32 Å². The normalized spacial score (nSPS) is 20.3. The van der Waals surface area contributed by atoms with Gasteiger partial charge in [-0.25, -0.2) is 0 Å². The van der Waals surface area contributed by atoms with Gasteiger partial charge in [0.2, 0.25) is 5.91 Å². The molecule has 1 unspecified atom stereocenters. The van der Waals surface area contributed by atoms with Crippen molar-refractivity contribution in [1.82, 2.24) is 10.2 Å². The van der Waals surface area contributed by atoms with E-state index in [4.69, 9.17) is 11.6 Å². The minimum atomic E-state index is 0.0664. The molecular formula is C19H27ClN2O. The second kappa shape index (κ2) is 7.67. The summed E-state index contributed by atoms with van der Waals surface area (Å²) in [5, 5.41) is 4.15. The van der Waals surface area contributed by atoms with Crippen molar-refractivity contribution in [2.45, 2.75) is 57.5 Å². The average Bonchev–Trinajstić information content (AvgIpc) is 3.39. The van der Waals surface area contributed by atoms with E-state index in [0.717, 1.165) is 42.9 Å². The molecule has 1 heterocycles. The number of hydrogen-bond donors (Lipinski definition) is 1. The summed E-state index contributed by atoms with van der Waals surface area (Å²) in [7, 11) is 0. The van der Waals surface area contributed by atoms with Crippen LogP contribution in [0.25, 0.3) is 0 Å². The molecule has 1 N–H and O–H groups in total. The molecule has 1 amide bonds. The van der Waals surface area contributed by atoms with Crippen LogP contribution in [0.3, 0.4) is 0 Å². The molecule has 0 aromatic heterocycles. The lowest BCUT2D eigenvalue weighted by Crippen LogP contribution is -2.36. The van der Waals surface area contributed by atoms with Crippen LogP contribution in [0.15, 0.2) is 24.3 Å². The van der Waals surface area contributed by atoms with Gasteiger partial charge >= 0.3 is 0 Å². The zero-order valence-corrected chi connectivity index (χ0v) is 14.7. The van der Waals surface area contributed by atoms with Crippen molar-refractivity contribution in [3.8, 4) is 0 Å². The summed E-state index contributed by atoms with van der Waals surface area (Å²) in [4.78, 5) is 15.0. The van der Waals surface area contributed by atoms with E-state index in [1.54, 1.807) is 0 Å². The lowest BCUT2D eigenvalue weighted by Gasteiger charge is -2.31. The first-order chi connectivity index (χ1) is 11.2. The Kier molecular flexibility index (Phi) is 5.60. The van der Waals surface area contributed by atoms with Crippen molar-refractivity contribution >= 4 is 17.5 Å². The summed E-state index contributed by atoms with van der Waals surface area (Å²) in [5.74, 6) is 1.01. The molecule has 1 saturated carbocycles. The van der Waals surface area contributed by atoms with E-state index < -0.39 is 0 Å². The maximum atomic E-state index is 12.9. The summed E-state index contributed by atoms with van der Waals surface area (Å²) in [6, 6.07) is 8.39. The highest BCUT2D eigenvalue weighted by Gasteiger charge is 2.36. The summed E-state index contributed by atoms with van der Waals surface area (Å²) < 4.78 is 0. The van der Waals surface area contributed by atoms with Crippen LogP contribution in [0.1, 0.15) is 57.1 Å². The Balaban J connectivity index is 1.63. The third kappa shape index (κ3) is 4.27. The van der Waals surface area contributed by atoms with Crippen LogP contribution >= 0.6 is 11.6 Å². The molecule has 126 valence electrons. The second-order valence-corrected chi connectivity index (χ2v) is 7.37. The van der Waals surface area contributed by atoms with E-state index in [1.807, 2.05) is 24.3 Å². The lowest BCUT2D eigenvalue weighted by atomic mass is 9.92. The molecule has 3 rings (SSSR count). The predicted octanol–water partition coefficient (Wildman–Crippen LogP) is 4.17. The molecular weight excluding hydrogens is 308 g/mol. The Morgan fingerprint density at radius 1 is 1.26 bits per heavy atom. The van der Waals surface area contributed by atoms with Crippen molar-refractivity contribution in [3.63, 3.8) is 0 Å². The van der Waals surface area contributed by atoms with E-state index in [2.05, 4.69) is 17.1 Å². The highest BCUT2D eigenvalue weighted by Crippen LogP contribution is 2.37. The van der Waals surface area contributed by atoms with Crippen molar-refractivity contribution < 1.29 is 4.79 Å². The summed E-state index contributed by atoms with van der Waals surface area (Å²) in [6.07, 6.45) is 6.38. The first-order valence-corrected chi connectivity index (χ1v) is 9.31. The van der Waals surface area contributed by atoms with Crippen LogP contribution in [0.4, 0.5) is 0 Å². The topological polar surface area (TPSA) is 32.3 Å². The van der Waals surface area contributed by atoms with E-state index in [-0.39, 0.29) is 6.04 Å². The fourth-order valence-corrected chi connectivity index (χ4v) is 3.97. The monoisotopic (exact) mass is 334 g/mol. The number of nitrogens with zero attached hydrogens (tertiary/aromatic N) is 1. The zero-order valence-electron chi connectivity index (χ0n) is 13.9. The van der Waals surface area contributed by atoms with Gasteiger partial charge in [-0.05, 0) is 69.7 Å². The number of carbonyl (C=O) groups excluding carboxylic acids is 1. The molecule has 0 bridgehead atoms. The van der Waals surface area contributed by atoms with Gasteiger partial charge in [0.1, 0.15) is 0 Å². The smallest absolute Gasteiger partial charge is 0.223 e. The third-order valence-electron chi connectivity index (χ3n) is 5.23. The molecule has 1 aliphatic carbocycles. The van der Waals surface area contributed by atoms with Gasteiger partial charge in [-0.3, -0.25) is 4.79 Å². The van der Waals surface area contributed by atoms with Crippen molar-refractivity contribution in [3.05, 3.63) is 34.9 Å². The van der Waals surface area contributed by atoms with E-state index >= 15 is 0 Å². The van der Waals surface area contributed by atoms with Crippen molar-refractivity contribution in [1.29, 1.82) is 0 Å². The summed E-state index contributed by atoms with van der Waals surface area (Å²) in [5.41, 5.74) is 1.07. The van der Waals surface area contributed by atoms with Gasteiger partial charge in [0.25, 0.3) is 0 Å². The van der Waals surface area contributed by atoms with Crippen molar-refractivity contribution in [2.75, 3.05) is 13.1 Å². The number of amides is 1. The molecule has 1 aromatic carbocycles. The molecule has 1 atom stereocenters. The van der Waals surface area contributed by atoms with Gasteiger partial charge in [-0.1, -0.05) is 29.8 Å². The maximum Gasteiger partial charge on any atom is 0.223 e. The Morgan fingerprint density at radius 2 is 1.96 bits per heavy atom. The van der Waals surface area contributed by atoms with Crippen molar-refractivity contribution in [2.24, 2.45) is 5.92 Å². The average molecular weight is 335 g/mol. The molecule has 0 radical (unpaired) electrons. The first kappa shape index (κ1) is 16.8. The third-order valence-corrected chi connectivity index (χ3v) is 5.57. The molecule has 1 saturated heterocycles. The SMILES string of the molecule is CC(c1ccccc1Cl)N(C(=O)CCC1CCNCC1)C1CC1. The van der Waals surface area contributed by atoms with Gasteiger partial charge in [-0.2, -0.15) is 0 Å². The summed E-state index contributed by atoms with van der Waals surface area (Å²) in [6.45, 7) is 4.31. The Labute approximate surface area is 144 Å². The van der Waals surface area contributed by atoms with Crippen LogP contribution in [0, 0.1) is 5.92 Å². The molecule has 2 fully saturated rings. The minimum absolute atomic E-state index is 0.0664. The second-order valence-electron chi connectivity index (χ2n) is 6.96. The van der Waals surface area contributed by atoms with Gasteiger partial charge in [0.15, 0.2) is 0 Å². The highest BCUT2D eigenvalue weighted by atomic mass is 35.5.